The number of nitrogens with zero attached hydrogens (tertiary/aromatic N) is 6. The maximum atomic E-state index is 12.7. The van der Waals surface area contributed by atoms with Crippen molar-refractivity contribution in [3.63, 3.8) is 0 Å². The number of aliphatic imine (C=N–C) groups is 1. The molecule has 29 heavy (non-hydrogen) atoms. The molecule has 2 saturated heterocycles. The number of unbranched alkanes of at least 4 members (excludes halogenated alkanes) is 1. The Bertz CT molecular complexity index is 672. The summed E-state index contributed by atoms with van der Waals surface area (Å²) in [7, 11) is 1.85. The van der Waals surface area contributed by atoms with Gasteiger partial charge in [0.05, 0.1) is 6.04 Å². The Kier molecular flexibility index (Phi) is 7.91. The summed E-state index contributed by atoms with van der Waals surface area (Å²) < 4.78 is 2.19. The number of amides is 1. The molecule has 1 unspecified atom stereocenters. The van der Waals surface area contributed by atoms with Crippen LogP contribution in [0.5, 0.6) is 0 Å². The van der Waals surface area contributed by atoms with E-state index in [4.69, 9.17) is 0 Å². The van der Waals surface area contributed by atoms with Crippen LogP contribution in [0.25, 0.3) is 0 Å². The number of aryl methyl sites for hydroxylation is 2. The molecule has 1 amide bonds. The predicted octanol–water partition coefficient (Wildman–Crippen LogP) is 1.18. The number of nitrogens with one attached hydrogen (secondary N) is 1. The lowest BCUT2D eigenvalue weighted by Crippen LogP contribution is -2.57. The topological polar surface area (TPSA) is 69.0 Å². The maximum absolute atomic E-state index is 12.7. The second-order valence-corrected chi connectivity index (χ2v) is 8.08. The number of aromatic nitrogens is 2. The molecular formula is C21H37N7O. The van der Waals surface area contributed by atoms with Gasteiger partial charge in [-0.05, 0) is 39.5 Å². The quantitative estimate of drug-likeness (QED) is 0.421. The van der Waals surface area contributed by atoms with Crippen LogP contribution in [0.3, 0.4) is 0 Å². The standard InChI is InChI=1S/C21H37N7O/c1-18(20(29)27-11-6-7-12-27)25-14-16-28(17-15-25)21(22-3)24-8-4-5-10-26-13-9-23-19(26)2/h9,13,18H,4-8,10-12,14-17H2,1-3H3,(H,22,24). The SMILES string of the molecule is CN=C(NCCCCn1ccnc1C)N1CCN(C(C)C(=O)N2CCCC2)CC1. The first kappa shape index (κ1) is 21.6. The van der Waals surface area contributed by atoms with Crippen molar-refractivity contribution in [1.29, 1.82) is 0 Å². The Morgan fingerprint density at radius 2 is 1.86 bits per heavy atom. The van der Waals surface area contributed by atoms with Crippen molar-refractivity contribution in [3.05, 3.63) is 18.2 Å². The average molecular weight is 404 g/mol. The molecule has 0 radical (unpaired) electrons. The normalized spacial score (nSPS) is 19.6. The highest BCUT2D eigenvalue weighted by atomic mass is 16.2. The zero-order valence-electron chi connectivity index (χ0n) is 18.3. The fourth-order valence-corrected chi connectivity index (χ4v) is 4.26. The summed E-state index contributed by atoms with van der Waals surface area (Å²) in [4.78, 5) is 28.0. The van der Waals surface area contributed by atoms with Crippen LogP contribution in [0.1, 0.15) is 38.4 Å². The molecule has 3 rings (SSSR count). The fourth-order valence-electron chi connectivity index (χ4n) is 4.26. The number of imidazole rings is 1. The van der Waals surface area contributed by atoms with E-state index in [9.17, 15) is 4.79 Å². The first-order valence-electron chi connectivity index (χ1n) is 11.1. The zero-order valence-corrected chi connectivity index (χ0v) is 18.3. The Hall–Kier alpha value is -2.09. The second kappa shape index (κ2) is 10.6. The third kappa shape index (κ3) is 5.72. The second-order valence-electron chi connectivity index (χ2n) is 8.08. The molecule has 1 aromatic rings. The molecule has 0 saturated carbocycles. The summed E-state index contributed by atoms with van der Waals surface area (Å²) >= 11 is 0. The van der Waals surface area contributed by atoms with Crippen molar-refractivity contribution in [1.82, 2.24) is 29.6 Å². The van der Waals surface area contributed by atoms with E-state index in [0.717, 1.165) is 89.8 Å². The number of hydrogen-bond acceptors (Lipinski definition) is 4. The highest BCUT2D eigenvalue weighted by molar-refractivity contribution is 5.82. The van der Waals surface area contributed by atoms with Crippen LogP contribution >= 0.6 is 0 Å². The summed E-state index contributed by atoms with van der Waals surface area (Å²) in [5.74, 6) is 2.35. The molecule has 0 aliphatic carbocycles. The van der Waals surface area contributed by atoms with Crippen molar-refractivity contribution in [2.75, 3.05) is 52.9 Å². The largest absolute Gasteiger partial charge is 0.356 e. The fraction of sp³-hybridized carbons (Fsp3) is 0.762. The lowest BCUT2D eigenvalue weighted by atomic mass is 10.2. The van der Waals surface area contributed by atoms with Gasteiger partial charge in [-0.2, -0.15) is 0 Å². The van der Waals surface area contributed by atoms with E-state index in [0.29, 0.717) is 5.91 Å². The smallest absolute Gasteiger partial charge is 0.239 e. The molecule has 8 nitrogen and oxygen atoms in total. The summed E-state index contributed by atoms with van der Waals surface area (Å²) in [5.41, 5.74) is 0. The van der Waals surface area contributed by atoms with Crippen LogP contribution in [-0.4, -0.2) is 95.0 Å². The van der Waals surface area contributed by atoms with E-state index in [1.807, 2.05) is 31.3 Å². The molecule has 2 aliphatic rings. The van der Waals surface area contributed by atoms with Crippen molar-refractivity contribution < 1.29 is 4.79 Å². The van der Waals surface area contributed by atoms with Crippen LogP contribution in [0.15, 0.2) is 17.4 Å². The van der Waals surface area contributed by atoms with E-state index in [1.54, 1.807) is 0 Å². The van der Waals surface area contributed by atoms with Crippen LogP contribution in [0.2, 0.25) is 0 Å². The van der Waals surface area contributed by atoms with Gasteiger partial charge in [-0.25, -0.2) is 4.98 Å². The summed E-state index contributed by atoms with van der Waals surface area (Å²) in [6.45, 7) is 11.5. The molecular weight excluding hydrogens is 366 g/mol. The lowest BCUT2D eigenvalue weighted by molar-refractivity contribution is -0.135. The molecule has 1 N–H and O–H groups in total. The summed E-state index contributed by atoms with van der Waals surface area (Å²) in [5, 5.41) is 3.50. The number of carbonyl (C=O) groups excluding carboxylic acids is 1. The minimum absolute atomic E-state index is 0.0168. The first-order chi connectivity index (χ1) is 14.1. The van der Waals surface area contributed by atoms with Crippen molar-refractivity contribution >= 4 is 11.9 Å². The average Bonchev–Trinajstić information content (AvgIpc) is 3.42. The van der Waals surface area contributed by atoms with Crippen LogP contribution in [0, 0.1) is 6.92 Å². The van der Waals surface area contributed by atoms with E-state index in [1.165, 1.54) is 0 Å². The molecule has 2 fully saturated rings. The van der Waals surface area contributed by atoms with Gasteiger partial charge >= 0.3 is 0 Å². The summed E-state index contributed by atoms with van der Waals surface area (Å²) in [6, 6.07) is -0.0168. The first-order valence-corrected chi connectivity index (χ1v) is 11.1. The molecule has 8 heteroatoms. The summed E-state index contributed by atoms with van der Waals surface area (Å²) in [6.07, 6.45) is 8.40. The number of guanidine groups is 1. The van der Waals surface area contributed by atoms with Gasteiger partial charge in [0.1, 0.15) is 5.82 Å². The molecule has 0 bridgehead atoms. The van der Waals surface area contributed by atoms with Crippen molar-refractivity contribution in [2.24, 2.45) is 4.99 Å². The Balaban J connectivity index is 1.36. The molecule has 1 atom stereocenters. The number of rotatable bonds is 7. The predicted molar refractivity (Wildman–Crippen MR) is 116 cm³/mol. The molecule has 0 spiro atoms. The number of likely N-dealkylation sites (tertiary alicyclic amines) is 1. The van der Waals surface area contributed by atoms with Gasteiger partial charge in [0.15, 0.2) is 5.96 Å². The molecule has 1 aromatic heterocycles. The van der Waals surface area contributed by atoms with Crippen LogP contribution in [-0.2, 0) is 11.3 Å². The molecule has 3 heterocycles. The van der Waals surface area contributed by atoms with E-state index < -0.39 is 0 Å². The van der Waals surface area contributed by atoms with E-state index in [2.05, 4.69) is 36.6 Å². The van der Waals surface area contributed by atoms with Gasteiger partial charge in [-0.15, -0.1) is 0 Å². The third-order valence-electron chi connectivity index (χ3n) is 6.18. The van der Waals surface area contributed by atoms with Gasteiger partial charge in [0.25, 0.3) is 0 Å². The Morgan fingerprint density at radius 3 is 2.48 bits per heavy atom. The van der Waals surface area contributed by atoms with Crippen LogP contribution < -0.4 is 5.32 Å². The lowest BCUT2D eigenvalue weighted by Gasteiger charge is -2.39. The Labute approximate surface area is 175 Å². The highest BCUT2D eigenvalue weighted by Gasteiger charge is 2.30. The minimum Gasteiger partial charge on any atom is -0.356 e. The van der Waals surface area contributed by atoms with Gasteiger partial charge in [-0.3, -0.25) is 14.7 Å². The Morgan fingerprint density at radius 1 is 1.14 bits per heavy atom. The minimum atomic E-state index is -0.0168. The van der Waals surface area contributed by atoms with Gasteiger partial charge < -0.3 is 19.7 Å². The molecule has 0 aromatic carbocycles. The number of hydrogen-bond donors (Lipinski definition) is 1. The molecule has 162 valence electrons. The van der Waals surface area contributed by atoms with E-state index in [-0.39, 0.29) is 6.04 Å². The van der Waals surface area contributed by atoms with Crippen LogP contribution in [0.4, 0.5) is 0 Å². The monoisotopic (exact) mass is 403 g/mol. The molecule has 2 aliphatic heterocycles. The number of piperazine rings is 1. The van der Waals surface area contributed by atoms with E-state index >= 15 is 0 Å². The highest BCUT2D eigenvalue weighted by Crippen LogP contribution is 2.14. The van der Waals surface area contributed by atoms with Crippen molar-refractivity contribution in [2.45, 2.75) is 52.1 Å². The van der Waals surface area contributed by atoms with Gasteiger partial charge in [0, 0.05) is 71.8 Å². The zero-order chi connectivity index (χ0) is 20.6. The maximum Gasteiger partial charge on any atom is 0.239 e. The van der Waals surface area contributed by atoms with Crippen molar-refractivity contribution in [3.8, 4) is 0 Å². The third-order valence-corrected chi connectivity index (χ3v) is 6.18. The van der Waals surface area contributed by atoms with Gasteiger partial charge in [-0.1, -0.05) is 0 Å². The number of carbonyl (C=O) groups is 1. The van der Waals surface area contributed by atoms with Gasteiger partial charge in [0.2, 0.25) is 5.91 Å².